The molecule has 7 aromatic rings. The molecule has 0 atom stereocenters. The van der Waals surface area contributed by atoms with Crippen molar-refractivity contribution >= 4 is 21.8 Å². The third-order valence-corrected chi connectivity index (χ3v) is 7.64. The molecule has 4 nitrogen and oxygen atoms in total. The molecule has 0 saturated carbocycles. The van der Waals surface area contributed by atoms with Crippen LogP contribution in [0.3, 0.4) is 0 Å². The number of hydrogen-bond donors (Lipinski definition) is 0. The Morgan fingerprint density at radius 1 is 0.526 bits per heavy atom. The fourth-order valence-electron chi connectivity index (χ4n) is 5.94. The highest BCUT2D eigenvalue weighted by Gasteiger charge is 2.31. The summed E-state index contributed by atoms with van der Waals surface area (Å²) in [5.41, 5.74) is 10.2. The Kier molecular flexibility index (Phi) is 4.55. The number of pyridine rings is 1. The van der Waals surface area contributed by atoms with Crippen molar-refractivity contribution in [3.8, 4) is 28.1 Å². The van der Waals surface area contributed by atoms with Crippen molar-refractivity contribution in [2.45, 2.75) is 5.92 Å². The summed E-state index contributed by atoms with van der Waals surface area (Å²) >= 11 is 0. The Labute approximate surface area is 219 Å². The lowest BCUT2D eigenvalue weighted by Gasteiger charge is -2.13. The van der Waals surface area contributed by atoms with E-state index in [4.69, 9.17) is 15.0 Å². The van der Waals surface area contributed by atoms with Crippen LogP contribution in [0.2, 0.25) is 0 Å². The van der Waals surface area contributed by atoms with Gasteiger partial charge in [0.1, 0.15) is 5.82 Å². The van der Waals surface area contributed by atoms with Crippen molar-refractivity contribution in [2.75, 3.05) is 0 Å². The van der Waals surface area contributed by atoms with Crippen molar-refractivity contribution in [3.63, 3.8) is 0 Å². The molecule has 0 N–H and O–H groups in total. The van der Waals surface area contributed by atoms with E-state index in [9.17, 15) is 0 Å². The molecule has 0 spiro atoms. The number of benzene rings is 4. The van der Waals surface area contributed by atoms with Gasteiger partial charge in [0.15, 0.2) is 0 Å². The highest BCUT2D eigenvalue weighted by Crippen LogP contribution is 2.46. The van der Waals surface area contributed by atoms with Gasteiger partial charge in [0.05, 0.1) is 46.9 Å². The minimum Gasteiger partial charge on any atom is -0.305 e. The molecular formula is C34H22N4. The highest BCUT2D eigenvalue weighted by molar-refractivity contribution is 6.09. The SMILES string of the molecule is c1ccc(-c2cc3c4ccccc4n(-c4cnc(C5c6ccccc6-c6ccccc65)nc4)c3cn2)cc1. The molecule has 1 aliphatic carbocycles. The van der Waals surface area contributed by atoms with Gasteiger partial charge in [0.2, 0.25) is 0 Å². The maximum Gasteiger partial charge on any atom is 0.140 e. The molecule has 8 rings (SSSR count). The summed E-state index contributed by atoms with van der Waals surface area (Å²) < 4.78 is 2.22. The molecular weight excluding hydrogens is 464 g/mol. The number of hydrogen-bond acceptors (Lipinski definition) is 3. The first-order valence-electron chi connectivity index (χ1n) is 12.8. The van der Waals surface area contributed by atoms with Crippen LogP contribution in [0, 0.1) is 0 Å². The van der Waals surface area contributed by atoms with Gasteiger partial charge in [-0.15, -0.1) is 0 Å². The number of aromatic nitrogens is 4. The van der Waals surface area contributed by atoms with E-state index in [0.717, 1.165) is 39.2 Å². The van der Waals surface area contributed by atoms with Crippen LogP contribution in [0.15, 0.2) is 128 Å². The summed E-state index contributed by atoms with van der Waals surface area (Å²) in [5, 5.41) is 2.35. The summed E-state index contributed by atoms with van der Waals surface area (Å²) in [6.45, 7) is 0. The van der Waals surface area contributed by atoms with Crippen molar-refractivity contribution in [2.24, 2.45) is 0 Å². The highest BCUT2D eigenvalue weighted by atomic mass is 15.0. The van der Waals surface area contributed by atoms with E-state index in [-0.39, 0.29) is 5.92 Å². The third kappa shape index (κ3) is 3.07. The minimum atomic E-state index is 0.0321. The van der Waals surface area contributed by atoms with E-state index in [1.54, 1.807) is 0 Å². The lowest BCUT2D eigenvalue weighted by molar-refractivity contribution is 0.865. The first-order valence-corrected chi connectivity index (χ1v) is 12.8. The molecule has 0 aliphatic heterocycles. The van der Waals surface area contributed by atoms with Crippen molar-refractivity contribution < 1.29 is 0 Å². The first-order chi connectivity index (χ1) is 18.9. The molecule has 0 bridgehead atoms. The van der Waals surface area contributed by atoms with E-state index in [2.05, 4.69) is 95.6 Å². The summed E-state index contributed by atoms with van der Waals surface area (Å²) in [6.07, 6.45) is 5.86. The predicted molar refractivity (Wildman–Crippen MR) is 152 cm³/mol. The molecule has 38 heavy (non-hydrogen) atoms. The average Bonchev–Trinajstić information content (AvgIpc) is 3.50. The van der Waals surface area contributed by atoms with Crippen LogP contribution in [0.4, 0.5) is 0 Å². The van der Waals surface area contributed by atoms with Gasteiger partial charge in [-0.1, -0.05) is 97.1 Å². The smallest absolute Gasteiger partial charge is 0.140 e. The van der Waals surface area contributed by atoms with Gasteiger partial charge in [0, 0.05) is 16.3 Å². The Morgan fingerprint density at radius 3 is 1.89 bits per heavy atom. The quantitative estimate of drug-likeness (QED) is 0.256. The molecule has 1 aliphatic rings. The van der Waals surface area contributed by atoms with Gasteiger partial charge >= 0.3 is 0 Å². The molecule has 0 saturated heterocycles. The number of fused-ring (bicyclic) bond motifs is 6. The molecule has 0 radical (unpaired) electrons. The first kappa shape index (κ1) is 21.0. The second-order valence-electron chi connectivity index (χ2n) is 9.71. The van der Waals surface area contributed by atoms with Gasteiger partial charge in [0.25, 0.3) is 0 Å². The van der Waals surface area contributed by atoms with E-state index >= 15 is 0 Å². The minimum absolute atomic E-state index is 0.0321. The van der Waals surface area contributed by atoms with Crippen LogP contribution in [0.5, 0.6) is 0 Å². The zero-order valence-corrected chi connectivity index (χ0v) is 20.5. The van der Waals surface area contributed by atoms with E-state index < -0.39 is 0 Å². The topological polar surface area (TPSA) is 43.6 Å². The molecule has 3 aromatic heterocycles. The fraction of sp³-hybridized carbons (Fsp3) is 0.0294. The van der Waals surface area contributed by atoms with Crippen LogP contribution in [-0.2, 0) is 0 Å². The van der Waals surface area contributed by atoms with Crippen molar-refractivity contribution in [1.82, 2.24) is 19.5 Å². The second-order valence-corrected chi connectivity index (χ2v) is 9.71. The van der Waals surface area contributed by atoms with Crippen LogP contribution in [0.25, 0.3) is 49.9 Å². The summed E-state index contributed by atoms with van der Waals surface area (Å²) in [7, 11) is 0. The number of nitrogens with zero attached hydrogens (tertiary/aromatic N) is 4. The van der Waals surface area contributed by atoms with E-state index in [0.29, 0.717) is 0 Å². The Morgan fingerprint density at radius 2 is 1.16 bits per heavy atom. The summed E-state index contributed by atoms with van der Waals surface area (Å²) in [6, 6.07) is 38.1. The zero-order chi connectivity index (χ0) is 25.1. The Hall–Kier alpha value is -5.09. The van der Waals surface area contributed by atoms with Crippen LogP contribution in [0.1, 0.15) is 22.9 Å². The lowest BCUT2D eigenvalue weighted by Crippen LogP contribution is -2.06. The molecule has 0 unspecified atom stereocenters. The van der Waals surface area contributed by atoms with Crippen molar-refractivity contribution in [3.05, 3.63) is 145 Å². The van der Waals surface area contributed by atoms with Gasteiger partial charge in [-0.3, -0.25) is 4.98 Å². The average molecular weight is 487 g/mol. The number of para-hydroxylation sites is 1. The Bertz CT molecular complexity index is 1930. The molecule has 178 valence electrons. The van der Waals surface area contributed by atoms with Crippen LogP contribution >= 0.6 is 0 Å². The normalized spacial score (nSPS) is 12.6. The lowest BCUT2D eigenvalue weighted by atomic mass is 9.96. The van der Waals surface area contributed by atoms with Gasteiger partial charge < -0.3 is 4.57 Å². The molecule has 0 amide bonds. The monoisotopic (exact) mass is 486 g/mol. The van der Waals surface area contributed by atoms with Crippen LogP contribution in [-0.4, -0.2) is 19.5 Å². The molecule has 4 heteroatoms. The van der Waals surface area contributed by atoms with Crippen molar-refractivity contribution in [1.29, 1.82) is 0 Å². The van der Waals surface area contributed by atoms with Gasteiger partial charge in [-0.25, -0.2) is 9.97 Å². The van der Waals surface area contributed by atoms with E-state index in [1.807, 2.05) is 36.8 Å². The molecule has 3 heterocycles. The maximum absolute atomic E-state index is 4.94. The zero-order valence-electron chi connectivity index (χ0n) is 20.5. The maximum atomic E-state index is 4.94. The van der Waals surface area contributed by atoms with Crippen LogP contribution < -0.4 is 0 Å². The standard InChI is InChI=1S/C34H22N4/c1-2-10-22(11-3-1)30-18-29-26-14-8-9-17-31(26)38(32(29)21-35-30)23-19-36-34(37-20-23)33-27-15-6-4-12-24(27)25-13-5-7-16-28(25)33/h1-21,33H. The van der Waals surface area contributed by atoms with E-state index in [1.165, 1.54) is 27.6 Å². The van der Waals surface area contributed by atoms with Gasteiger partial charge in [-0.05, 0) is 34.4 Å². The third-order valence-electron chi connectivity index (χ3n) is 7.64. The largest absolute Gasteiger partial charge is 0.305 e. The molecule has 0 fully saturated rings. The summed E-state index contributed by atoms with van der Waals surface area (Å²) in [5.74, 6) is 0.848. The fourth-order valence-corrected chi connectivity index (χ4v) is 5.94. The Balaban J connectivity index is 1.27. The predicted octanol–water partition coefficient (Wildman–Crippen LogP) is 7.80. The molecule has 4 aromatic carbocycles. The van der Waals surface area contributed by atoms with Gasteiger partial charge in [-0.2, -0.15) is 0 Å². The second kappa shape index (κ2) is 8.22. The number of rotatable bonds is 3. The summed E-state index contributed by atoms with van der Waals surface area (Å²) in [4.78, 5) is 14.7.